The Balaban J connectivity index is 0.000000363. The highest BCUT2D eigenvalue weighted by Crippen LogP contribution is 2.31. The number of rotatable bonds is 12. The number of carboxylic acid groups (broad SMARTS) is 1. The van der Waals surface area contributed by atoms with Gasteiger partial charge in [-0.15, -0.1) is 11.3 Å². The molecule has 3 fully saturated rings. The summed E-state index contributed by atoms with van der Waals surface area (Å²) in [4.78, 5) is 54.8. The summed E-state index contributed by atoms with van der Waals surface area (Å²) in [6.07, 6.45) is 7.58. The van der Waals surface area contributed by atoms with E-state index in [0.717, 1.165) is 104 Å². The second kappa shape index (κ2) is 19.6. The Morgan fingerprint density at radius 1 is 0.776 bits per heavy atom. The normalized spacial score (nSPS) is 17.9. The average Bonchev–Trinajstić information content (AvgIpc) is 3.93. The number of nitrogens with zero attached hydrogens (tertiary/aromatic N) is 1. The molecule has 8 rings (SSSR count). The van der Waals surface area contributed by atoms with Crippen LogP contribution in [0, 0.1) is 11.8 Å². The molecule has 4 aromatic carbocycles. The molecule has 58 heavy (non-hydrogen) atoms. The zero-order chi connectivity index (χ0) is 40.3. The first kappa shape index (κ1) is 41.1. The SMILES string of the molecule is O=C(NC1(C(=O)N[C@H](Cc2ccccc2)C(=O)NCC2CCN(CC3CCOCC3)CC2)CCCC1)c1ccc2ccccc2c1.O=C(O)c1cc2ccccc2s1. The number of piperidine rings is 1. The monoisotopic (exact) mass is 802 g/mol. The van der Waals surface area contributed by atoms with Gasteiger partial charge in [0.1, 0.15) is 16.5 Å². The molecular formula is C47H54N4O6S. The Morgan fingerprint density at radius 3 is 2.16 bits per heavy atom. The molecule has 11 heteroatoms. The molecule has 1 saturated carbocycles. The molecule has 3 heterocycles. The molecule has 1 aliphatic carbocycles. The minimum Gasteiger partial charge on any atom is -0.477 e. The lowest BCUT2D eigenvalue weighted by molar-refractivity contribution is -0.132. The van der Waals surface area contributed by atoms with Crippen LogP contribution in [0.15, 0.2) is 103 Å². The standard InChI is InChI=1S/C38H48N4O4.C9H6O2S/c43-35(33-13-12-31-10-4-5-11-32(31)25-33)41-38(18-6-7-19-38)37(45)40-34(24-28-8-2-1-3-9-28)36(44)39-26-29-14-20-42(21-15-29)27-30-16-22-46-23-17-30;10-9(11)8-5-6-3-1-2-4-7(6)12-8/h1-5,8-13,25,29-30,34H,6-7,14-24,26-27H2,(H,39,44)(H,40,45)(H,41,43);1-5H,(H,10,11)/t34-;/m1./s1. The number of aromatic carboxylic acids is 1. The topological polar surface area (TPSA) is 137 Å². The van der Waals surface area contributed by atoms with Crippen molar-refractivity contribution in [3.05, 3.63) is 119 Å². The molecule has 0 bridgehead atoms. The molecule has 1 atom stereocenters. The predicted molar refractivity (Wildman–Crippen MR) is 229 cm³/mol. The first-order valence-electron chi connectivity index (χ1n) is 20.7. The maximum Gasteiger partial charge on any atom is 0.345 e. The van der Waals surface area contributed by atoms with Crippen molar-refractivity contribution in [2.24, 2.45) is 11.8 Å². The van der Waals surface area contributed by atoms with Gasteiger partial charge in [0.05, 0.1) is 0 Å². The Kier molecular flexibility index (Phi) is 13.9. The highest BCUT2D eigenvalue weighted by Gasteiger charge is 2.44. The third-order valence-corrected chi connectivity index (χ3v) is 13.0. The van der Waals surface area contributed by atoms with E-state index >= 15 is 0 Å². The lowest BCUT2D eigenvalue weighted by Crippen LogP contribution is -2.61. The highest BCUT2D eigenvalue weighted by atomic mass is 32.1. The smallest absolute Gasteiger partial charge is 0.345 e. The number of benzene rings is 4. The van der Waals surface area contributed by atoms with Crippen LogP contribution in [0.3, 0.4) is 0 Å². The van der Waals surface area contributed by atoms with Gasteiger partial charge in [-0.3, -0.25) is 14.4 Å². The van der Waals surface area contributed by atoms with Gasteiger partial charge in [0, 0.05) is 43.0 Å². The van der Waals surface area contributed by atoms with Gasteiger partial charge in [-0.25, -0.2) is 4.79 Å². The number of amides is 3. The number of hydrogen-bond donors (Lipinski definition) is 4. The van der Waals surface area contributed by atoms with Crippen molar-refractivity contribution in [2.45, 2.75) is 69.4 Å². The van der Waals surface area contributed by atoms with E-state index in [0.29, 0.717) is 42.2 Å². The summed E-state index contributed by atoms with van der Waals surface area (Å²) in [6, 6.07) is 31.9. The lowest BCUT2D eigenvalue weighted by atomic mass is 9.93. The van der Waals surface area contributed by atoms with Crippen LogP contribution in [-0.2, 0) is 20.7 Å². The van der Waals surface area contributed by atoms with E-state index < -0.39 is 17.6 Å². The molecule has 304 valence electrons. The van der Waals surface area contributed by atoms with Crippen molar-refractivity contribution in [2.75, 3.05) is 39.4 Å². The van der Waals surface area contributed by atoms with Crippen molar-refractivity contribution in [1.82, 2.24) is 20.9 Å². The number of carbonyl (C=O) groups excluding carboxylic acids is 3. The molecule has 3 aliphatic rings. The van der Waals surface area contributed by atoms with Crippen LogP contribution in [-0.4, -0.2) is 84.7 Å². The summed E-state index contributed by atoms with van der Waals surface area (Å²) in [7, 11) is 0. The lowest BCUT2D eigenvalue weighted by Gasteiger charge is -2.35. The fourth-order valence-electron chi connectivity index (χ4n) is 8.49. The molecule has 5 aromatic rings. The van der Waals surface area contributed by atoms with Gasteiger partial charge in [-0.1, -0.05) is 91.7 Å². The Morgan fingerprint density at radius 2 is 1.45 bits per heavy atom. The quantitative estimate of drug-likeness (QED) is 0.103. The number of likely N-dealkylation sites (tertiary alicyclic amines) is 1. The minimum absolute atomic E-state index is 0.171. The van der Waals surface area contributed by atoms with Gasteiger partial charge in [0.15, 0.2) is 0 Å². The number of ether oxygens (including phenoxy) is 1. The van der Waals surface area contributed by atoms with Crippen LogP contribution in [0.4, 0.5) is 0 Å². The van der Waals surface area contributed by atoms with Crippen molar-refractivity contribution in [1.29, 1.82) is 0 Å². The summed E-state index contributed by atoms with van der Waals surface area (Å²) in [6.45, 7) is 5.63. The highest BCUT2D eigenvalue weighted by molar-refractivity contribution is 7.20. The van der Waals surface area contributed by atoms with E-state index in [1.807, 2.05) is 91.0 Å². The van der Waals surface area contributed by atoms with Gasteiger partial charge in [-0.05, 0) is 109 Å². The first-order chi connectivity index (χ1) is 28.2. The van der Waals surface area contributed by atoms with Crippen LogP contribution in [0.2, 0.25) is 0 Å². The maximum atomic E-state index is 14.0. The third-order valence-electron chi connectivity index (χ3n) is 11.9. The van der Waals surface area contributed by atoms with E-state index in [9.17, 15) is 19.2 Å². The second-order valence-electron chi connectivity index (χ2n) is 16.0. The summed E-state index contributed by atoms with van der Waals surface area (Å²) in [5, 5.41) is 21.1. The van der Waals surface area contributed by atoms with E-state index in [1.54, 1.807) is 12.1 Å². The third kappa shape index (κ3) is 10.7. The van der Waals surface area contributed by atoms with Crippen LogP contribution in [0.1, 0.15) is 77.0 Å². The molecule has 2 saturated heterocycles. The minimum atomic E-state index is -1.05. The Bertz CT molecular complexity index is 2140. The fraction of sp³-hybridized carbons (Fsp3) is 0.404. The Labute approximate surface area is 344 Å². The molecule has 0 spiro atoms. The van der Waals surface area contributed by atoms with Crippen molar-refractivity contribution < 1.29 is 29.0 Å². The summed E-state index contributed by atoms with van der Waals surface area (Å²) in [5.74, 6) is -0.419. The van der Waals surface area contributed by atoms with Gasteiger partial charge < -0.3 is 30.7 Å². The van der Waals surface area contributed by atoms with E-state index in [-0.39, 0.29) is 17.7 Å². The van der Waals surface area contributed by atoms with Crippen molar-refractivity contribution >= 4 is 55.9 Å². The van der Waals surface area contributed by atoms with Crippen LogP contribution in [0.25, 0.3) is 20.9 Å². The van der Waals surface area contributed by atoms with Gasteiger partial charge in [0.25, 0.3) is 5.91 Å². The number of hydrogen-bond acceptors (Lipinski definition) is 7. The molecule has 2 aliphatic heterocycles. The number of carboxylic acids is 1. The van der Waals surface area contributed by atoms with Crippen LogP contribution < -0.4 is 16.0 Å². The molecule has 0 unspecified atom stereocenters. The zero-order valence-electron chi connectivity index (χ0n) is 33.0. The van der Waals surface area contributed by atoms with Crippen LogP contribution >= 0.6 is 11.3 Å². The predicted octanol–water partition coefficient (Wildman–Crippen LogP) is 7.46. The van der Waals surface area contributed by atoms with Crippen molar-refractivity contribution in [3.63, 3.8) is 0 Å². The number of nitrogens with one attached hydrogen (secondary N) is 3. The van der Waals surface area contributed by atoms with E-state index in [2.05, 4.69) is 20.9 Å². The second-order valence-corrected chi connectivity index (χ2v) is 17.1. The van der Waals surface area contributed by atoms with E-state index in [1.165, 1.54) is 11.3 Å². The van der Waals surface area contributed by atoms with Gasteiger partial charge in [0.2, 0.25) is 11.8 Å². The molecule has 0 radical (unpaired) electrons. The van der Waals surface area contributed by atoms with Crippen molar-refractivity contribution in [3.8, 4) is 0 Å². The summed E-state index contributed by atoms with van der Waals surface area (Å²) < 4.78 is 6.54. The van der Waals surface area contributed by atoms with E-state index in [4.69, 9.17) is 9.84 Å². The number of carbonyl (C=O) groups is 4. The average molecular weight is 803 g/mol. The molecule has 3 amide bonds. The largest absolute Gasteiger partial charge is 0.477 e. The molecule has 1 aromatic heterocycles. The maximum absolute atomic E-state index is 14.0. The van der Waals surface area contributed by atoms with Gasteiger partial charge >= 0.3 is 5.97 Å². The molecular weight excluding hydrogens is 749 g/mol. The summed E-state index contributed by atoms with van der Waals surface area (Å²) in [5.41, 5.74) is 0.454. The number of thiophene rings is 1. The zero-order valence-corrected chi connectivity index (χ0v) is 33.8. The first-order valence-corrected chi connectivity index (χ1v) is 21.5. The Hall–Kier alpha value is -5.10. The molecule has 4 N–H and O–H groups in total. The number of fused-ring (bicyclic) bond motifs is 2. The van der Waals surface area contributed by atoms with Gasteiger partial charge in [-0.2, -0.15) is 0 Å². The van der Waals surface area contributed by atoms with Crippen LogP contribution in [0.5, 0.6) is 0 Å². The summed E-state index contributed by atoms with van der Waals surface area (Å²) >= 11 is 1.31. The molecule has 10 nitrogen and oxygen atoms in total. The fourth-order valence-corrected chi connectivity index (χ4v) is 9.39.